The molecule has 0 fully saturated rings. The maximum absolute atomic E-state index is 12.6. The normalized spacial score (nSPS) is 13.4. The Morgan fingerprint density at radius 1 is 1.19 bits per heavy atom. The predicted molar refractivity (Wildman–Crippen MR) is 118 cm³/mol. The number of aryl methyl sites for hydroxylation is 1. The van der Waals surface area contributed by atoms with Gasteiger partial charge < -0.3 is 14.5 Å². The van der Waals surface area contributed by atoms with Crippen LogP contribution in [0.2, 0.25) is 5.02 Å². The van der Waals surface area contributed by atoms with E-state index in [0.717, 1.165) is 29.7 Å². The molecule has 12 heteroatoms. The predicted octanol–water partition coefficient (Wildman–Crippen LogP) is 3.53. The number of esters is 1. The number of aromatic nitrogens is 2. The molecule has 3 aromatic rings. The van der Waals surface area contributed by atoms with E-state index in [-0.39, 0.29) is 10.9 Å². The maximum Gasteiger partial charge on any atom is 0.341 e. The molecule has 1 aliphatic carbocycles. The van der Waals surface area contributed by atoms with Crippen molar-refractivity contribution in [2.45, 2.75) is 30.9 Å². The molecule has 168 valence electrons. The van der Waals surface area contributed by atoms with E-state index < -0.39 is 32.7 Å². The van der Waals surface area contributed by atoms with Gasteiger partial charge in [0.2, 0.25) is 21.6 Å². The van der Waals surface area contributed by atoms with E-state index in [0.29, 0.717) is 22.6 Å². The minimum Gasteiger partial charge on any atom is -0.465 e. The average molecular weight is 496 g/mol. The topological polar surface area (TPSA) is 128 Å². The maximum atomic E-state index is 12.6. The third-order valence-corrected chi connectivity index (χ3v) is 7.70. The monoisotopic (exact) mass is 495 g/mol. The first-order chi connectivity index (χ1) is 15.3. The van der Waals surface area contributed by atoms with Crippen LogP contribution in [0.3, 0.4) is 0 Å². The van der Waals surface area contributed by atoms with E-state index in [4.69, 9.17) is 20.8 Å². The van der Waals surface area contributed by atoms with Crippen molar-refractivity contribution in [1.29, 1.82) is 0 Å². The van der Waals surface area contributed by atoms with Gasteiger partial charge in [0.15, 0.2) is 0 Å². The standard InChI is InChI=1S/C20H18ClN3O6S2/c1-29-19(26)16-13-4-2-3-5-14(13)31-18(16)22-15(25)10-32(27,28)20-24-23-17(30-20)11-6-8-12(21)9-7-11/h6-9H,2-5,10H2,1H3,(H,22,25). The van der Waals surface area contributed by atoms with Crippen molar-refractivity contribution in [3.63, 3.8) is 0 Å². The summed E-state index contributed by atoms with van der Waals surface area (Å²) in [5.41, 5.74) is 1.64. The second-order valence-corrected chi connectivity index (χ2v) is 10.5. The van der Waals surface area contributed by atoms with E-state index in [2.05, 4.69) is 15.5 Å². The number of fused-ring (bicyclic) bond motifs is 1. The number of hydrogen-bond donors (Lipinski definition) is 1. The highest BCUT2D eigenvalue weighted by Gasteiger charge is 2.30. The number of methoxy groups -OCH3 is 1. The number of carbonyl (C=O) groups is 2. The average Bonchev–Trinajstić information content (AvgIpc) is 3.39. The summed E-state index contributed by atoms with van der Waals surface area (Å²) < 4.78 is 35.4. The summed E-state index contributed by atoms with van der Waals surface area (Å²) in [6.07, 6.45) is 3.43. The van der Waals surface area contributed by atoms with E-state index in [9.17, 15) is 18.0 Å². The smallest absolute Gasteiger partial charge is 0.341 e. The zero-order valence-electron chi connectivity index (χ0n) is 16.9. The number of amides is 1. The van der Waals surface area contributed by atoms with E-state index in [1.807, 2.05) is 0 Å². The first-order valence-corrected chi connectivity index (χ1v) is 12.5. The Bertz CT molecular complexity index is 1280. The van der Waals surface area contributed by atoms with Crippen molar-refractivity contribution in [1.82, 2.24) is 10.2 Å². The van der Waals surface area contributed by atoms with Crippen molar-refractivity contribution in [2.75, 3.05) is 18.2 Å². The van der Waals surface area contributed by atoms with Crippen LogP contribution in [0.4, 0.5) is 5.00 Å². The molecule has 0 spiro atoms. The number of nitrogens with zero attached hydrogens (tertiary/aromatic N) is 2. The molecule has 2 heterocycles. The van der Waals surface area contributed by atoms with Crippen LogP contribution in [-0.4, -0.2) is 43.4 Å². The van der Waals surface area contributed by atoms with Gasteiger partial charge in [0.25, 0.3) is 0 Å². The van der Waals surface area contributed by atoms with Crippen molar-refractivity contribution in [3.05, 3.63) is 45.3 Å². The number of rotatable bonds is 6. The van der Waals surface area contributed by atoms with Crippen LogP contribution in [0, 0.1) is 0 Å². The molecule has 0 aliphatic heterocycles. The molecule has 0 radical (unpaired) electrons. The van der Waals surface area contributed by atoms with Crippen LogP contribution in [-0.2, 0) is 32.2 Å². The van der Waals surface area contributed by atoms with Gasteiger partial charge in [-0.2, -0.15) is 0 Å². The highest BCUT2D eigenvalue weighted by Crippen LogP contribution is 2.38. The number of carbonyl (C=O) groups excluding carboxylic acids is 2. The third-order valence-electron chi connectivity index (χ3n) is 4.90. The summed E-state index contributed by atoms with van der Waals surface area (Å²) in [5, 5.41) is 9.97. The Morgan fingerprint density at radius 3 is 2.62 bits per heavy atom. The van der Waals surface area contributed by atoms with E-state index in [1.165, 1.54) is 18.4 Å². The van der Waals surface area contributed by atoms with Crippen LogP contribution in [0.25, 0.3) is 11.5 Å². The van der Waals surface area contributed by atoms with Crippen LogP contribution in [0.5, 0.6) is 0 Å². The van der Waals surface area contributed by atoms with Gasteiger partial charge >= 0.3 is 11.2 Å². The van der Waals surface area contributed by atoms with Gasteiger partial charge in [-0.1, -0.05) is 16.7 Å². The molecule has 0 saturated heterocycles. The molecule has 4 rings (SSSR count). The van der Waals surface area contributed by atoms with Crippen molar-refractivity contribution in [2.24, 2.45) is 0 Å². The molecule has 2 aromatic heterocycles. The molecule has 0 unspecified atom stereocenters. The zero-order chi connectivity index (χ0) is 22.9. The van der Waals surface area contributed by atoms with Crippen LogP contribution < -0.4 is 5.32 Å². The summed E-state index contributed by atoms with van der Waals surface area (Å²) in [6, 6.07) is 6.40. The van der Waals surface area contributed by atoms with Gasteiger partial charge in [0, 0.05) is 15.5 Å². The number of halogens is 1. The lowest BCUT2D eigenvalue weighted by atomic mass is 9.95. The third kappa shape index (κ3) is 4.54. The molecule has 1 N–H and O–H groups in total. The Morgan fingerprint density at radius 2 is 1.91 bits per heavy atom. The number of nitrogens with one attached hydrogen (secondary N) is 1. The summed E-state index contributed by atoms with van der Waals surface area (Å²) in [5.74, 6) is -2.31. The Balaban J connectivity index is 1.53. The molecular weight excluding hydrogens is 478 g/mol. The van der Waals surface area contributed by atoms with Crippen molar-refractivity contribution >= 4 is 49.7 Å². The van der Waals surface area contributed by atoms with Crippen LogP contribution >= 0.6 is 22.9 Å². The number of sulfone groups is 1. The van der Waals surface area contributed by atoms with E-state index in [1.54, 1.807) is 24.3 Å². The number of ether oxygens (including phenoxy) is 1. The lowest BCUT2D eigenvalue weighted by Crippen LogP contribution is -2.24. The fraction of sp³-hybridized carbons (Fsp3) is 0.300. The highest BCUT2D eigenvalue weighted by atomic mass is 35.5. The van der Waals surface area contributed by atoms with Gasteiger partial charge in [-0.15, -0.1) is 16.4 Å². The molecule has 0 saturated carbocycles. The summed E-state index contributed by atoms with van der Waals surface area (Å²) in [4.78, 5) is 25.8. The Hall–Kier alpha value is -2.76. The molecule has 1 amide bonds. The highest BCUT2D eigenvalue weighted by molar-refractivity contribution is 7.91. The lowest BCUT2D eigenvalue weighted by Gasteiger charge is -2.11. The van der Waals surface area contributed by atoms with Gasteiger partial charge in [-0.3, -0.25) is 4.79 Å². The largest absolute Gasteiger partial charge is 0.465 e. The van der Waals surface area contributed by atoms with E-state index >= 15 is 0 Å². The molecule has 0 atom stereocenters. The Kier molecular flexibility index (Phi) is 6.31. The zero-order valence-corrected chi connectivity index (χ0v) is 19.3. The van der Waals surface area contributed by atoms with Gasteiger partial charge in [0.05, 0.1) is 12.7 Å². The molecule has 1 aliphatic rings. The molecule has 9 nitrogen and oxygen atoms in total. The minimum atomic E-state index is -4.21. The van der Waals surface area contributed by atoms with Gasteiger partial charge in [0.1, 0.15) is 10.8 Å². The molecule has 1 aromatic carbocycles. The molecule has 0 bridgehead atoms. The molecule has 32 heavy (non-hydrogen) atoms. The fourth-order valence-electron chi connectivity index (χ4n) is 3.41. The minimum absolute atomic E-state index is 0.0143. The SMILES string of the molecule is COC(=O)c1c(NC(=O)CS(=O)(=O)c2nnc(-c3ccc(Cl)cc3)o2)sc2c1CCCC2. The quantitative estimate of drug-likeness (QED) is 0.514. The number of anilines is 1. The number of benzene rings is 1. The first kappa shape index (κ1) is 22.4. The first-order valence-electron chi connectivity index (χ1n) is 9.63. The van der Waals surface area contributed by atoms with Gasteiger partial charge in [-0.05, 0) is 55.5 Å². The molecular formula is C20H18ClN3O6S2. The van der Waals surface area contributed by atoms with Crippen LogP contribution in [0.1, 0.15) is 33.6 Å². The second-order valence-electron chi connectivity index (χ2n) is 7.09. The summed E-state index contributed by atoms with van der Waals surface area (Å²) >= 11 is 7.11. The van der Waals surface area contributed by atoms with Crippen molar-refractivity contribution in [3.8, 4) is 11.5 Å². The lowest BCUT2D eigenvalue weighted by molar-refractivity contribution is -0.113. The van der Waals surface area contributed by atoms with Crippen LogP contribution in [0.15, 0.2) is 33.9 Å². The summed E-state index contributed by atoms with van der Waals surface area (Å²) in [7, 11) is -2.94. The fourth-order valence-corrected chi connectivity index (χ4v) is 5.75. The number of thiophene rings is 1. The summed E-state index contributed by atoms with van der Waals surface area (Å²) in [6.45, 7) is 0. The van der Waals surface area contributed by atoms with Crippen molar-refractivity contribution < 1.29 is 27.2 Å². The van der Waals surface area contributed by atoms with Gasteiger partial charge in [-0.25, -0.2) is 13.2 Å². The Labute approximate surface area is 192 Å². The second kappa shape index (κ2) is 9.00. The number of hydrogen-bond acceptors (Lipinski definition) is 9.